The summed E-state index contributed by atoms with van der Waals surface area (Å²) in [6.45, 7) is 4.30. The Bertz CT molecular complexity index is 807. The third-order valence-electron chi connectivity index (χ3n) is 3.26. The number of hydrogen-bond acceptors (Lipinski definition) is 3. The van der Waals surface area contributed by atoms with Crippen LogP contribution in [0.25, 0.3) is 0 Å². The van der Waals surface area contributed by atoms with Crippen LogP contribution in [0.15, 0.2) is 52.3 Å². The van der Waals surface area contributed by atoms with E-state index < -0.39 is 15.6 Å². The van der Waals surface area contributed by atoms with Crippen LogP contribution in [-0.4, -0.2) is 18.5 Å². The second-order valence-corrected chi connectivity index (χ2v) is 7.74. The first-order valence-electron chi connectivity index (χ1n) is 6.89. The minimum absolute atomic E-state index is 0.586. The first-order valence-corrected chi connectivity index (χ1v) is 9.68. The molecule has 0 spiro atoms. The molecule has 0 amide bonds. The van der Waals surface area contributed by atoms with Gasteiger partial charge in [0.05, 0.1) is 0 Å². The summed E-state index contributed by atoms with van der Waals surface area (Å²) in [5.74, 6) is 0.586. The van der Waals surface area contributed by atoms with Gasteiger partial charge in [0.25, 0.3) is 0 Å². The predicted octanol–water partition coefficient (Wildman–Crippen LogP) is 5.59. The summed E-state index contributed by atoms with van der Waals surface area (Å²) in [5, 5.41) is 0. The van der Waals surface area contributed by atoms with Gasteiger partial charge in [0.2, 0.25) is 0 Å². The van der Waals surface area contributed by atoms with Gasteiger partial charge in [-0.2, -0.15) is 21.6 Å². The van der Waals surface area contributed by atoms with Crippen LogP contribution in [0.3, 0.4) is 0 Å². The van der Waals surface area contributed by atoms with Gasteiger partial charge in [0, 0.05) is 15.7 Å². The average Bonchev–Trinajstić information content (AvgIpc) is 2.52. The van der Waals surface area contributed by atoms with Crippen molar-refractivity contribution in [2.75, 3.05) is 0 Å². The molecule has 0 aliphatic rings. The van der Waals surface area contributed by atoms with Crippen LogP contribution in [0.2, 0.25) is 0 Å². The number of alkyl halides is 4. The van der Waals surface area contributed by atoms with Gasteiger partial charge in [-0.1, -0.05) is 36.0 Å². The second-order valence-electron chi connectivity index (χ2n) is 4.94. The van der Waals surface area contributed by atoms with Crippen LogP contribution in [0.5, 0.6) is 0 Å². The van der Waals surface area contributed by atoms with Crippen molar-refractivity contribution >= 4 is 33.5 Å². The zero-order valence-corrected chi connectivity index (χ0v) is 15.7. The lowest BCUT2D eigenvalue weighted by molar-refractivity contribution is -0.0510. The fourth-order valence-corrected chi connectivity index (χ4v) is 3.00. The monoisotopic (exact) mass is 412 g/mol. The summed E-state index contributed by atoms with van der Waals surface area (Å²) < 4.78 is 57.5. The standard InChI is InChI=1S/C15H15ClS.CHF3O3S/c1-11-12(2)15(9-8-13(11)10-16)17-14-6-4-3-5-7-14;2-1(3,4)8(5,6)7/h3-9H,10H2,1-2H3;(H,5,6,7). The molecule has 0 aliphatic heterocycles. The van der Waals surface area contributed by atoms with Gasteiger partial charge < -0.3 is 0 Å². The van der Waals surface area contributed by atoms with Crippen LogP contribution < -0.4 is 0 Å². The Labute approximate surface area is 154 Å². The van der Waals surface area contributed by atoms with Crippen molar-refractivity contribution in [2.45, 2.75) is 35.0 Å². The lowest BCUT2D eigenvalue weighted by Gasteiger charge is -2.11. The highest BCUT2D eigenvalue weighted by Gasteiger charge is 2.44. The minimum Gasteiger partial charge on any atom is -0.279 e. The van der Waals surface area contributed by atoms with Gasteiger partial charge in [-0.3, -0.25) is 4.55 Å². The zero-order chi connectivity index (χ0) is 19.3. The normalized spacial score (nSPS) is 11.6. The molecule has 0 aromatic heterocycles. The molecule has 0 bridgehead atoms. The maximum absolute atomic E-state index is 10.7. The molecule has 0 atom stereocenters. The molecule has 2 rings (SSSR count). The van der Waals surface area contributed by atoms with Crippen molar-refractivity contribution in [3.8, 4) is 0 Å². The summed E-state index contributed by atoms with van der Waals surface area (Å²) in [7, 11) is -5.84. The van der Waals surface area contributed by atoms with Gasteiger partial charge in [0.15, 0.2) is 0 Å². The lowest BCUT2D eigenvalue weighted by atomic mass is 10.0. The van der Waals surface area contributed by atoms with E-state index in [1.165, 1.54) is 26.5 Å². The van der Waals surface area contributed by atoms with Gasteiger partial charge in [0.1, 0.15) is 0 Å². The third-order valence-corrected chi connectivity index (χ3v) is 5.30. The summed E-state index contributed by atoms with van der Waals surface area (Å²) >= 11 is 7.71. The van der Waals surface area contributed by atoms with E-state index in [-0.39, 0.29) is 0 Å². The van der Waals surface area contributed by atoms with Crippen molar-refractivity contribution < 1.29 is 26.1 Å². The quantitative estimate of drug-likeness (QED) is 0.405. The van der Waals surface area contributed by atoms with E-state index in [1.54, 1.807) is 11.8 Å². The molecule has 0 aliphatic carbocycles. The Morgan fingerprint density at radius 3 is 2.00 bits per heavy atom. The number of rotatable bonds is 3. The first-order chi connectivity index (χ1) is 11.5. The molecule has 0 radical (unpaired) electrons. The van der Waals surface area contributed by atoms with Gasteiger partial charge in [-0.25, -0.2) is 0 Å². The maximum Gasteiger partial charge on any atom is 0.522 e. The molecule has 2 aromatic carbocycles. The predicted molar refractivity (Wildman–Crippen MR) is 93.6 cm³/mol. The van der Waals surface area contributed by atoms with Crippen molar-refractivity contribution in [3.05, 3.63) is 59.2 Å². The smallest absolute Gasteiger partial charge is 0.279 e. The highest BCUT2D eigenvalue weighted by Crippen LogP contribution is 2.32. The van der Waals surface area contributed by atoms with E-state index in [1.807, 2.05) is 6.07 Å². The lowest BCUT2D eigenvalue weighted by Crippen LogP contribution is -2.21. The Balaban J connectivity index is 0.000000333. The van der Waals surface area contributed by atoms with E-state index in [9.17, 15) is 13.2 Å². The van der Waals surface area contributed by atoms with E-state index in [0.29, 0.717) is 5.88 Å². The van der Waals surface area contributed by atoms with Gasteiger partial charge >= 0.3 is 15.6 Å². The molecule has 0 saturated carbocycles. The Morgan fingerprint density at radius 1 is 1.04 bits per heavy atom. The molecule has 0 saturated heterocycles. The zero-order valence-electron chi connectivity index (χ0n) is 13.3. The number of halogens is 4. The minimum atomic E-state index is -5.84. The van der Waals surface area contributed by atoms with Crippen molar-refractivity contribution in [2.24, 2.45) is 0 Å². The molecule has 0 fully saturated rings. The molecule has 1 N–H and O–H groups in total. The summed E-state index contributed by atoms with van der Waals surface area (Å²) in [6.07, 6.45) is 0. The Kier molecular flexibility index (Phi) is 7.80. The molecule has 0 heterocycles. The Hall–Kier alpha value is -1.22. The SMILES string of the molecule is Cc1c(CCl)ccc(Sc2ccccc2)c1C.O=S(=O)(O)C(F)(F)F. The molecule has 9 heteroatoms. The molecular formula is C16H16ClF3O3S2. The summed E-state index contributed by atoms with van der Waals surface area (Å²) in [4.78, 5) is 2.58. The van der Waals surface area contributed by atoms with Crippen LogP contribution in [0.4, 0.5) is 13.2 Å². The van der Waals surface area contributed by atoms with Crippen LogP contribution in [-0.2, 0) is 16.0 Å². The van der Waals surface area contributed by atoms with Crippen molar-refractivity contribution in [1.82, 2.24) is 0 Å². The fourth-order valence-electron chi connectivity index (χ4n) is 1.72. The largest absolute Gasteiger partial charge is 0.522 e. The first kappa shape index (κ1) is 21.8. The van der Waals surface area contributed by atoms with E-state index in [2.05, 4.69) is 50.2 Å². The topological polar surface area (TPSA) is 54.4 Å². The van der Waals surface area contributed by atoms with Crippen molar-refractivity contribution in [3.63, 3.8) is 0 Å². The highest BCUT2D eigenvalue weighted by atomic mass is 35.5. The van der Waals surface area contributed by atoms with Gasteiger partial charge in [-0.15, -0.1) is 11.6 Å². The van der Waals surface area contributed by atoms with Crippen LogP contribution >= 0.6 is 23.4 Å². The summed E-state index contributed by atoms with van der Waals surface area (Å²) in [6, 6.07) is 14.7. The van der Waals surface area contributed by atoms with Crippen molar-refractivity contribution in [1.29, 1.82) is 0 Å². The summed E-state index contributed by atoms with van der Waals surface area (Å²) in [5.41, 5.74) is -1.67. The van der Waals surface area contributed by atoms with E-state index in [0.717, 1.165) is 0 Å². The molecular weight excluding hydrogens is 397 g/mol. The Morgan fingerprint density at radius 2 is 1.56 bits per heavy atom. The second kappa shape index (κ2) is 8.93. The van der Waals surface area contributed by atoms with Crippen LogP contribution in [0, 0.1) is 13.8 Å². The molecule has 3 nitrogen and oxygen atoms in total. The van der Waals surface area contributed by atoms with E-state index in [4.69, 9.17) is 24.6 Å². The number of benzene rings is 2. The highest BCUT2D eigenvalue weighted by molar-refractivity contribution is 7.99. The number of hydrogen-bond donors (Lipinski definition) is 1. The third kappa shape index (κ3) is 6.54. The molecule has 138 valence electrons. The maximum atomic E-state index is 10.7. The molecule has 25 heavy (non-hydrogen) atoms. The van der Waals surface area contributed by atoms with E-state index >= 15 is 0 Å². The van der Waals surface area contributed by atoms with Crippen LogP contribution in [0.1, 0.15) is 16.7 Å². The fraction of sp³-hybridized carbons (Fsp3) is 0.250. The van der Waals surface area contributed by atoms with Gasteiger partial charge in [-0.05, 0) is 48.7 Å². The molecule has 0 unspecified atom stereocenters. The molecule has 2 aromatic rings. The average molecular weight is 413 g/mol.